The molecule has 1 saturated heterocycles. The molecule has 170 valence electrons. The van der Waals surface area contributed by atoms with Gasteiger partial charge in [-0.1, -0.05) is 26.0 Å². The standard InChI is InChI=1S/C23H30N6O3/c1-15(2)18-12-19(21(31)13-20(18)30)22-25-26-23(32)29(22)17-6-4-16(5-7-17)14-27-8-10-28(24-3)11-9-27/h4-7,12-13,15,24,30-31H,8-11,14H2,1-3H3,(H,26,32). The topological polar surface area (TPSA) is 110 Å². The number of benzene rings is 2. The van der Waals surface area contributed by atoms with Gasteiger partial charge in [0.1, 0.15) is 11.5 Å². The molecule has 0 unspecified atom stereocenters. The van der Waals surface area contributed by atoms with Crippen LogP contribution in [-0.4, -0.2) is 68.1 Å². The fraction of sp³-hybridized carbons (Fsp3) is 0.391. The van der Waals surface area contributed by atoms with Gasteiger partial charge in [-0.3, -0.25) is 10.3 Å². The van der Waals surface area contributed by atoms with E-state index in [-0.39, 0.29) is 17.4 Å². The molecular weight excluding hydrogens is 408 g/mol. The molecule has 1 aliphatic rings. The number of H-pyrrole nitrogens is 1. The van der Waals surface area contributed by atoms with Crippen LogP contribution in [0.5, 0.6) is 11.5 Å². The summed E-state index contributed by atoms with van der Waals surface area (Å²) in [6, 6.07) is 10.8. The van der Waals surface area contributed by atoms with Crippen LogP contribution in [0, 0.1) is 0 Å². The molecule has 0 aliphatic carbocycles. The Hall–Kier alpha value is -3.14. The van der Waals surface area contributed by atoms with E-state index in [4.69, 9.17) is 0 Å². The molecule has 9 nitrogen and oxygen atoms in total. The Labute approximate surface area is 186 Å². The Morgan fingerprint density at radius 1 is 1.06 bits per heavy atom. The molecule has 0 radical (unpaired) electrons. The SMILES string of the molecule is CNN1CCN(Cc2ccc(-n3c(-c4cc(C(C)C)c(O)cc4O)n[nH]c3=O)cc2)CC1. The molecular formula is C23H30N6O3. The van der Waals surface area contributed by atoms with Gasteiger partial charge in [-0.15, -0.1) is 0 Å². The largest absolute Gasteiger partial charge is 0.508 e. The number of aromatic amines is 1. The quantitative estimate of drug-likeness (QED) is 0.466. The highest BCUT2D eigenvalue weighted by Crippen LogP contribution is 2.37. The van der Waals surface area contributed by atoms with Crippen molar-refractivity contribution in [1.29, 1.82) is 0 Å². The summed E-state index contributed by atoms with van der Waals surface area (Å²) in [4.78, 5) is 15.0. The predicted molar refractivity (Wildman–Crippen MR) is 123 cm³/mol. The van der Waals surface area contributed by atoms with Gasteiger partial charge in [0, 0.05) is 38.8 Å². The molecule has 0 atom stereocenters. The minimum Gasteiger partial charge on any atom is -0.508 e. The Balaban J connectivity index is 1.60. The number of hydrazine groups is 1. The van der Waals surface area contributed by atoms with Crippen LogP contribution in [0.2, 0.25) is 0 Å². The summed E-state index contributed by atoms with van der Waals surface area (Å²) in [6.45, 7) is 8.70. The van der Waals surface area contributed by atoms with E-state index in [1.165, 1.54) is 16.2 Å². The zero-order valence-corrected chi connectivity index (χ0v) is 18.7. The summed E-state index contributed by atoms with van der Waals surface area (Å²) < 4.78 is 1.44. The van der Waals surface area contributed by atoms with Crippen LogP contribution < -0.4 is 11.1 Å². The molecule has 0 spiro atoms. The van der Waals surface area contributed by atoms with Crippen LogP contribution in [0.25, 0.3) is 17.1 Å². The molecule has 0 bridgehead atoms. The summed E-state index contributed by atoms with van der Waals surface area (Å²) in [6.07, 6.45) is 0. The van der Waals surface area contributed by atoms with Gasteiger partial charge in [0.25, 0.3) is 0 Å². The number of piperazine rings is 1. The van der Waals surface area contributed by atoms with Gasteiger partial charge in [-0.05, 0) is 42.3 Å². The lowest BCUT2D eigenvalue weighted by atomic mass is 9.98. The summed E-state index contributed by atoms with van der Waals surface area (Å²) >= 11 is 0. The lowest BCUT2D eigenvalue weighted by Crippen LogP contribution is -2.50. The highest BCUT2D eigenvalue weighted by Gasteiger charge is 2.20. The Bertz CT molecular complexity index is 1130. The van der Waals surface area contributed by atoms with Gasteiger partial charge >= 0.3 is 5.69 Å². The first-order valence-electron chi connectivity index (χ1n) is 10.8. The van der Waals surface area contributed by atoms with E-state index in [2.05, 4.69) is 25.5 Å². The van der Waals surface area contributed by atoms with E-state index >= 15 is 0 Å². The van der Waals surface area contributed by atoms with Crippen LogP contribution >= 0.6 is 0 Å². The second-order valence-electron chi connectivity index (χ2n) is 8.42. The van der Waals surface area contributed by atoms with Gasteiger partial charge < -0.3 is 10.2 Å². The Morgan fingerprint density at radius 2 is 1.75 bits per heavy atom. The normalized spacial score (nSPS) is 15.5. The molecule has 32 heavy (non-hydrogen) atoms. The molecule has 4 rings (SSSR count). The maximum atomic E-state index is 12.6. The summed E-state index contributed by atoms with van der Waals surface area (Å²) in [5.41, 5.74) is 5.67. The van der Waals surface area contributed by atoms with Crippen LogP contribution in [0.4, 0.5) is 0 Å². The van der Waals surface area contributed by atoms with Gasteiger partial charge in [0.05, 0.1) is 11.3 Å². The second-order valence-corrected chi connectivity index (χ2v) is 8.42. The van der Waals surface area contributed by atoms with Gasteiger partial charge in [0.15, 0.2) is 5.82 Å². The number of nitrogens with zero attached hydrogens (tertiary/aromatic N) is 4. The van der Waals surface area contributed by atoms with Crippen molar-refractivity contribution in [3.63, 3.8) is 0 Å². The fourth-order valence-electron chi connectivity index (χ4n) is 4.09. The van der Waals surface area contributed by atoms with Crippen molar-refractivity contribution in [2.45, 2.75) is 26.3 Å². The number of nitrogens with one attached hydrogen (secondary N) is 2. The number of phenols is 2. The van der Waals surface area contributed by atoms with Crippen molar-refractivity contribution in [1.82, 2.24) is 30.1 Å². The van der Waals surface area contributed by atoms with E-state index in [0.717, 1.165) is 32.7 Å². The lowest BCUT2D eigenvalue weighted by Gasteiger charge is -2.34. The van der Waals surface area contributed by atoms with Crippen molar-refractivity contribution >= 4 is 0 Å². The van der Waals surface area contributed by atoms with Gasteiger partial charge in [-0.25, -0.2) is 19.5 Å². The molecule has 1 aromatic heterocycles. The van der Waals surface area contributed by atoms with E-state index < -0.39 is 5.69 Å². The third-order valence-corrected chi connectivity index (χ3v) is 5.97. The minimum absolute atomic E-state index is 0.0191. The first-order chi connectivity index (χ1) is 15.4. The van der Waals surface area contributed by atoms with E-state index in [9.17, 15) is 15.0 Å². The van der Waals surface area contributed by atoms with Crippen LogP contribution in [-0.2, 0) is 6.54 Å². The third kappa shape index (κ3) is 4.40. The van der Waals surface area contributed by atoms with Crippen molar-refractivity contribution in [3.8, 4) is 28.6 Å². The molecule has 0 saturated carbocycles. The first kappa shape index (κ1) is 22.1. The van der Waals surface area contributed by atoms with Crippen LogP contribution in [0.3, 0.4) is 0 Å². The van der Waals surface area contributed by atoms with Crippen molar-refractivity contribution < 1.29 is 10.2 Å². The predicted octanol–water partition coefficient (Wildman–Crippen LogP) is 2.01. The Morgan fingerprint density at radius 3 is 2.38 bits per heavy atom. The number of hydrogen-bond acceptors (Lipinski definition) is 7. The average Bonchev–Trinajstić information content (AvgIpc) is 3.15. The lowest BCUT2D eigenvalue weighted by molar-refractivity contribution is 0.0947. The first-order valence-corrected chi connectivity index (χ1v) is 10.8. The number of aromatic nitrogens is 3. The number of aromatic hydroxyl groups is 2. The zero-order chi connectivity index (χ0) is 22.8. The fourth-order valence-corrected chi connectivity index (χ4v) is 4.09. The third-order valence-electron chi connectivity index (χ3n) is 5.97. The summed E-state index contributed by atoms with van der Waals surface area (Å²) in [7, 11) is 1.95. The van der Waals surface area contributed by atoms with E-state index in [1.807, 2.05) is 45.2 Å². The van der Waals surface area contributed by atoms with Gasteiger partial charge in [-0.2, -0.15) is 5.10 Å². The van der Waals surface area contributed by atoms with Crippen molar-refractivity contribution in [3.05, 3.63) is 58.0 Å². The Kier molecular flexibility index (Phi) is 6.31. The van der Waals surface area contributed by atoms with Gasteiger partial charge in [0.2, 0.25) is 0 Å². The maximum Gasteiger partial charge on any atom is 0.348 e. The molecule has 1 aliphatic heterocycles. The van der Waals surface area contributed by atoms with Crippen LogP contribution in [0.15, 0.2) is 41.2 Å². The molecule has 9 heteroatoms. The molecule has 1 fully saturated rings. The monoisotopic (exact) mass is 438 g/mol. The number of phenolic OH excluding ortho intramolecular Hbond substituents is 2. The number of hydrogen-bond donors (Lipinski definition) is 4. The highest BCUT2D eigenvalue weighted by molar-refractivity contribution is 5.69. The van der Waals surface area contributed by atoms with E-state index in [0.29, 0.717) is 22.6 Å². The summed E-state index contributed by atoms with van der Waals surface area (Å²) in [5.74, 6) is 0.225. The van der Waals surface area contributed by atoms with Crippen molar-refractivity contribution in [2.75, 3.05) is 33.2 Å². The second kappa shape index (κ2) is 9.15. The average molecular weight is 439 g/mol. The van der Waals surface area contributed by atoms with E-state index in [1.54, 1.807) is 6.07 Å². The zero-order valence-electron chi connectivity index (χ0n) is 18.7. The molecule has 3 aromatic rings. The van der Waals surface area contributed by atoms with Crippen LogP contribution in [0.1, 0.15) is 30.9 Å². The molecule has 2 aromatic carbocycles. The molecule has 2 heterocycles. The molecule has 4 N–H and O–H groups in total. The highest BCUT2D eigenvalue weighted by atomic mass is 16.3. The summed E-state index contributed by atoms with van der Waals surface area (Å²) in [5, 5.41) is 29.4. The minimum atomic E-state index is -0.394. The smallest absolute Gasteiger partial charge is 0.348 e. The number of rotatable bonds is 6. The maximum absolute atomic E-state index is 12.6. The van der Waals surface area contributed by atoms with Crippen molar-refractivity contribution in [2.24, 2.45) is 0 Å². The molecule has 0 amide bonds.